The number of likely N-dealkylation sites (N-methyl/N-ethyl adjacent to an activating group) is 1. The summed E-state index contributed by atoms with van der Waals surface area (Å²) in [7, 11) is 2.18. The molecule has 2 aromatic rings. The van der Waals surface area contributed by atoms with E-state index in [0.717, 1.165) is 53.3 Å². The fourth-order valence-electron chi connectivity index (χ4n) is 5.02. The highest BCUT2D eigenvalue weighted by atomic mass is 16.1. The first-order valence-electron chi connectivity index (χ1n) is 10.8. The number of amides is 1. The van der Waals surface area contributed by atoms with Crippen LogP contribution in [-0.2, 0) is 0 Å². The van der Waals surface area contributed by atoms with E-state index in [2.05, 4.69) is 72.5 Å². The number of aromatic amines is 1. The van der Waals surface area contributed by atoms with Crippen molar-refractivity contribution < 1.29 is 4.79 Å². The molecule has 5 heteroatoms. The Bertz CT molecular complexity index is 1100. The van der Waals surface area contributed by atoms with Gasteiger partial charge in [-0.3, -0.25) is 14.7 Å². The van der Waals surface area contributed by atoms with Crippen molar-refractivity contribution in [1.29, 1.82) is 0 Å². The summed E-state index contributed by atoms with van der Waals surface area (Å²) in [6.45, 7) is 5.80. The van der Waals surface area contributed by atoms with Gasteiger partial charge in [0.05, 0.1) is 17.3 Å². The number of rotatable bonds is 0. The van der Waals surface area contributed by atoms with Crippen LogP contribution in [0.25, 0.3) is 16.8 Å². The van der Waals surface area contributed by atoms with Gasteiger partial charge in [-0.25, -0.2) is 0 Å². The van der Waals surface area contributed by atoms with Crippen molar-refractivity contribution in [2.24, 2.45) is 4.99 Å². The SMILES string of the molecule is CC=C1CC2C(C)=Nc3cccc(c31)-c1cc3c([nH]1)C(CC=CCN2C)CNC3=O. The van der Waals surface area contributed by atoms with Gasteiger partial charge >= 0.3 is 0 Å². The number of aliphatic imine (C=N–C) groups is 1. The van der Waals surface area contributed by atoms with E-state index < -0.39 is 0 Å². The Kier molecular flexibility index (Phi) is 4.70. The highest BCUT2D eigenvalue weighted by molar-refractivity contribution is 6.00. The van der Waals surface area contributed by atoms with Gasteiger partial charge in [-0.2, -0.15) is 0 Å². The maximum absolute atomic E-state index is 12.6. The van der Waals surface area contributed by atoms with Gasteiger partial charge in [0.1, 0.15) is 0 Å². The Morgan fingerprint density at radius 1 is 1.23 bits per heavy atom. The molecule has 2 unspecified atom stereocenters. The topological polar surface area (TPSA) is 60.5 Å². The van der Waals surface area contributed by atoms with Crippen molar-refractivity contribution in [1.82, 2.24) is 15.2 Å². The van der Waals surface area contributed by atoms with Gasteiger partial charge in [-0.1, -0.05) is 30.4 Å². The van der Waals surface area contributed by atoms with Gasteiger partial charge < -0.3 is 10.3 Å². The lowest BCUT2D eigenvalue weighted by atomic mass is 9.91. The molecule has 1 aromatic carbocycles. The normalized spacial score (nSPS) is 25.0. The maximum atomic E-state index is 12.6. The largest absolute Gasteiger partial charge is 0.357 e. The monoisotopic (exact) mass is 400 g/mol. The molecule has 2 N–H and O–H groups in total. The number of allylic oxidation sites excluding steroid dienone is 2. The third kappa shape index (κ3) is 3.05. The Balaban J connectivity index is 1.77. The van der Waals surface area contributed by atoms with E-state index in [-0.39, 0.29) is 17.9 Å². The number of hydrogen-bond donors (Lipinski definition) is 2. The summed E-state index contributed by atoms with van der Waals surface area (Å²) in [6, 6.07) is 8.60. The number of benzene rings is 1. The predicted molar refractivity (Wildman–Crippen MR) is 123 cm³/mol. The van der Waals surface area contributed by atoms with Crippen LogP contribution in [0.2, 0.25) is 0 Å². The molecule has 154 valence electrons. The lowest BCUT2D eigenvalue weighted by Gasteiger charge is -2.27. The van der Waals surface area contributed by atoms with Crippen molar-refractivity contribution in [2.75, 3.05) is 20.1 Å². The first kappa shape index (κ1) is 19.1. The zero-order valence-electron chi connectivity index (χ0n) is 17.8. The molecule has 1 amide bonds. The molecule has 4 heterocycles. The van der Waals surface area contributed by atoms with Crippen LogP contribution in [-0.4, -0.2) is 47.7 Å². The van der Waals surface area contributed by atoms with Crippen molar-refractivity contribution in [3.63, 3.8) is 0 Å². The first-order chi connectivity index (χ1) is 14.6. The molecule has 5 nitrogen and oxygen atoms in total. The molecule has 2 atom stereocenters. The summed E-state index contributed by atoms with van der Waals surface area (Å²) in [6.07, 6.45) is 8.55. The van der Waals surface area contributed by atoms with E-state index in [1.807, 2.05) is 6.07 Å². The molecule has 30 heavy (non-hydrogen) atoms. The molecule has 5 rings (SSSR count). The summed E-state index contributed by atoms with van der Waals surface area (Å²) in [5, 5.41) is 3.06. The minimum absolute atomic E-state index is 0.0130. The minimum atomic E-state index is 0.0130. The highest BCUT2D eigenvalue weighted by Crippen LogP contribution is 2.42. The fraction of sp³-hybridized carbons (Fsp3) is 0.360. The molecular weight excluding hydrogens is 372 g/mol. The van der Waals surface area contributed by atoms with Crippen LogP contribution in [0.1, 0.15) is 54.2 Å². The standard InChI is InChI=1S/C25H28N4O/c1-4-16-12-22-15(2)27-20-10-7-9-18(23(16)20)21-13-19-24(28-21)17(14-26-25(19)30)8-5-6-11-29(22)3/h4-7,9-10,13,17,22,28H,8,11-12,14H2,1-3H3,(H,26,30). The summed E-state index contributed by atoms with van der Waals surface area (Å²) >= 11 is 0. The quantitative estimate of drug-likeness (QED) is 0.632. The van der Waals surface area contributed by atoms with E-state index in [1.165, 1.54) is 11.1 Å². The van der Waals surface area contributed by atoms with Gasteiger partial charge in [0.15, 0.2) is 0 Å². The number of nitrogens with one attached hydrogen (secondary N) is 2. The second-order valence-electron chi connectivity index (χ2n) is 8.55. The fourth-order valence-corrected chi connectivity index (χ4v) is 5.02. The lowest BCUT2D eigenvalue weighted by Crippen LogP contribution is -2.37. The molecule has 0 radical (unpaired) electrons. The number of carbonyl (C=O) groups excluding carboxylic acids is 1. The maximum Gasteiger partial charge on any atom is 0.253 e. The molecule has 1 aromatic heterocycles. The van der Waals surface area contributed by atoms with Crippen LogP contribution in [0.15, 0.2) is 47.5 Å². The second-order valence-corrected chi connectivity index (χ2v) is 8.55. The Hall–Kier alpha value is -2.92. The average Bonchev–Trinajstić information content (AvgIpc) is 3.13. The van der Waals surface area contributed by atoms with E-state index in [9.17, 15) is 4.79 Å². The van der Waals surface area contributed by atoms with Crippen molar-refractivity contribution in [3.8, 4) is 11.3 Å². The minimum Gasteiger partial charge on any atom is -0.357 e. The van der Waals surface area contributed by atoms with Crippen LogP contribution >= 0.6 is 0 Å². The van der Waals surface area contributed by atoms with Gasteiger partial charge in [-0.05, 0) is 51.4 Å². The third-order valence-electron chi connectivity index (χ3n) is 6.72. The van der Waals surface area contributed by atoms with Crippen molar-refractivity contribution >= 4 is 22.9 Å². The molecule has 0 fully saturated rings. The molecule has 0 saturated carbocycles. The number of aromatic nitrogens is 1. The Morgan fingerprint density at radius 2 is 2.10 bits per heavy atom. The predicted octanol–water partition coefficient (Wildman–Crippen LogP) is 4.67. The van der Waals surface area contributed by atoms with Gasteiger partial charge in [0, 0.05) is 47.2 Å². The molecule has 3 aliphatic rings. The van der Waals surface area contributed by atoms with Crippen LogP contribution in [0.3, 0.4) is 0 Å². The molecule has 0 aliphatic carbocycles. The zero-order chi connectivity index (χ0) is 20.8. The number of nitrogens with zero attached hydrogens (tertiary/aromatic N) is 2. The molecule has 4 bridgehead atoms. The second kappa shape index (κ2) is 7.40. The molecule has 0 saturated heterocycles. The number of fused-ring (bicyclic) bond motifs is 4. The van der Waals surface area contributed by atoms with Crippen LogP contribution < -0.4 is 5.32 Å². The zero-order valence-corrected chi connectivity index (χ0v) is 17.8. The van der Waals surface area contributed by atoms with Crippen LogP contribution in [0, 0.1) is 0 Å². The van der Waals surface area contributed by atoms with Gasteiger partial charge in [0.2, 0.25) is 0 Å². The molecule has 0 spiro atoms. The summed E-state index contributed by atoms with van der Waals surface area (Å²) in [4.78, 5) is 23.6. The van der Waals surface area contributed by atoms with Crippen molar-refractivity contribution in [2.45, 2.75) is 38.6 Å². The van der Waals surface area contributed by atoms with E-state index in [4.69, 9.17) is 4.99 Å². The smallest absolute Gasteiger partial charge is 0.253 e. The van der Waals surface area contributed by atoms with E-state index in [1.54, 1.807) is 0 Å². The third-order valence-corrected chi connectivity index (χ3v) is 6.72. The Labute approximate surface area is 177 Å². The van der Waals surface area contributed by atoms with Gasteiger partial charge in [0.25, 0.3) is 5.91 Å². The molecular formula is C25H28N4O. The van der Waals surface area contributed by atoms with E-state index in [0.29, 0.717) is 6.54 Å². The number of H-pyrrole nitrogens is 1. The number of carbonyl (C=O) groups is 1. The lowest BCUT2D eigenvalue weighted by molar-refractivity contribution is 0.0940. The molecule has 3 aliphatic heterocycles. The first-order valence-corrected chi connectivity index (χ1v) is 10.8. The van der Waals surface area contributed by atoms with Gasteiger partial charge in [-0.15, -0.1) is 0 Å². The number of hydrogen-bond acceptors (Lipinski definition) is 3. The Morgan fingerprint density at radius 3 is 2.93 bits per heavy atom. The van der Waals surface area contributed by atoms with Crippen LogP contribution in [0.4, 0.5) is 5.69 Å². The van der Waals surface area contributed by atoms with Crippen LogP contribution in [0.5, 0.6) is 0 Å². The average molecular weight is 401 g/mol. The van der Waals surface area contributed by atoms with E-state index >= 15 is 0 Å². The van der Waals surface area contributed by atoms with Crippen molar-refractivity contribution in [3.05, 3.63) is 59.3 Å². The highest BCUT2D eigenvalue weighted by Gasteiger charge is 2.30. The summed E-state index contributed by atoms with van der Waals surface area (Å²) in [5.41, 5.74) is 8.57. The summed E-state index contributed by atoms with van der Waals surface area (Å²) < 4.78 is 0. The summed E-state index contributed by atoms with van der Waals surface area (Å²) in [5.74, 6) is 0.279.